The van der Waals surface area contributed by atoms with E-state index >= 15 is 0 Å². The second-order valence-corrected chi connectivity index (χ2v) is 4.07. The molecule has 0 aliphatic carbocycles. The third kappa shape index (κ3) is 4.34. The van der Waals surface area contributed by atoms with Crippen LogP contribution in [0, 0.1) is 0 Å². The lowest BCUT2D eigenvalue weighted by Gasteiger charge is -2.17. The van der Waals surface area contributed by atoms with Crippen molar-refractivity contribution in [3.63, 3.8) is 0 Å². The molecule has 3 nitrogen and oxygen atoms in total. The molecule has 102 valence electrons. The fourth-order valence-corrected chi connectivity index (χ4v) is 1.32. The minimum Gasteiger partial charge on any atom is -0.465 e. The first kappa shape index (κ1) is 15.0. The van der Waals surface area contributed by atoms with Crippen molar-refractivity contribution in [2.75, 3.05) is 6.54 Å². The summed E-state index contributed by atoms with van der Waals surface area (Å²) in [5.74, 6) is -0.0860. The van der Waals surface area contributed by atoms with Gasteiger partial charge in [0, 0.05) is 12.6 Å². The first-order valence-corrected chi connectivity index (χ1v) is 5.82. The van der Waals surface area contributed by atoms with Crippen LogP contribution in [0.25, 0.3) is 0 Å². The van der Waals surface area contributed by atoms with Crippen LogP contribution in [0.5, 0.6) is 5.88 Å². The summed E-state index contributed by atoms with van der Waals surface area (Å²) in [4.78, 5) is 3.95. The maximum atomic E-state index is 12.3. The molecule has 1 N–H and O–H groups in total. The lowest BCUT2D eigenvalue weighted by atomic mass is 10.3. The SMILES string of the molecule is CCNCc1nc(OC(C)C(F)(F)F)ccc1Cl. The number of aromatic nitrogens is 1. The summed E-state index contributed by atoms with van der Waals surface area (Å²) in [5, 5.41) is 3.38. The molecule has 0 fully saturated rings. The zero-order valence-corrected chi connectivity index (χ0v) is 10.8. The zero-order chi connectivity index (χ0) is 13.8. The average molecular weight is 283 g/mol. The first-order valence-electron chi connectivity index (χ1n) is 5.44. The fraction of sp³-hybridized carbons (Fsp3) is 0.545. The summed E-state index contributed by atoms with van der Waals surface area (Å²) in [6, 6.07) is 2.79. The number of nitrogens with one attached hydrogen (secondary N) is 1. The van der Waals surface area contributed by atoms with E-state index in [2.05, 4.69) is 10.3 Å². The molecule has 0 spiro atoms. The molecule has 1 heterocycles. The lowest BCUT2D eigenvalue weighted by Crippen LogP contribution is -2.31. The van der Waals surface area contributed by atoms with Gasteiger partial charge in [-0.15, -0.1) is 0 Å². The van der Waals surface area contributed by atoms with E-state index < -0.39 is 12.3 Å². The van der Waals surface area contributed by atoms with E-state index in [4.69, 9.17) is 16.3 Å². The van der Waals surface area contributed by atoms with Crippen molar-refractivity contribution in [2.45, 2.75) is 32.7 Å². The zero-order valence-electron chi connectivity index (χ0n) is 10.0. The highest BCUT2D eigenvalue weighted by Gasteiger charge is 2.38. The van der Waals surface area contributed by atoms with Crippen molar-refractivity contribution >= 4 is 11.6 Å². The second kappa shape index (κ2) is 6.24. The molecule has 1 aromatic rings. The molecule has 0 radical (unpaired) electrons. The van der Waals surface area contributed by atoms with Crippen LogP contribution in [0.15, 0.2) is 12.1 Å². The van der Waals surface area contributed by atoms with Crippen LogP contribution >= 0.6 is 11.6 Å². The number of pyridine rings is 1. The predicted octanol–water partition coefficient (Wildman–Crippen LogP) is 3.17. The molecule has 1 atom stereocenters. The minimum atomic E-state index is -4.41. The molecule has 18 heavy (non-hydrogen) atoms. The summed E-state index contributed by atoms with van der Waals surface area (Å²) < 4.78 is 41.7. The molecular weight excluding hydrogens is 269 g/mol. The third-order valence-electron chi connectivity index (χ3n) is 2.19. The van der Waals surface area contributed by atoms with Crippen molar-refractivity contribution in [3.05, 3.63) is 22.8 Å². The standard InChI is InChI=1S/C11H14ClF3N2O/c1-3-16-6-9-8(12)4-5-10(17-9)18-7(2)11(13,14)15/h4-5,7,16H,3,6H2,1-2H3. The Balaban J connectivity index is 2.78. The predicted molar refractivity (Wildman–Crippen MR) is 62.8 cm³/mol. The van der Waals surface area contributed by atoms with Crippen molar-refractivity contribution < 1.29 is 17.9 Å². The van der Waals surface area contributed by atoms with Gasteiger partial charge in [-0.1, -0.05) is 18.5 Å². The Kier molecular flexibility index (Phi) is 5.22. The molecule has 1 rings (SSSR count). The number of hydrogen-bond acceptors (Lipinski definition) is 3. The van der Waals surface area contributed by atoms with Crippen LogP contribution in [0.1, 0.15) is 19.5 Å². The number of halogens is 4. The van der Waals surface area contributed by atoms with E-state index in [0.717, 1.165) is 6.92 Å². The monoisotopic (exact) mass is 282 g/mol. The van der Waals surface area contributed by atoms with Crippen LogP contribution in [-0.4, -0.2) is 23.8 Å². The number of nitrogens with zero attached hydrogens (tertiary/aromatic N) is 1. The maximum absolute atomic E-state index is 12.3. The van der Waals surface area contributed by atoms with Gasteiger partial charge in [0.05, 0.1) is 10.7 Å². The fourth-order valence-electron chi connectivity index (χ4n) is 1.15. The van der Waals surface area contributed by atoms with E-state index in [1.165, 1.54) is 12.1 Å². The Morgan fingerprint density at radius 1 is 1.44 bits per heavy atom. The number of ether oxygens (including phenoxy) is 1. The van der Waals surface area contributed by atoms with Gasteiger partial charge in [-0.25, -0.2) is 4.98 Å². The molecule has 0 aromatic carbocycles. The Bertz CT molecular complexity index is 398. The summed E-state index contributed by atoms with van der Waals surface area (Å²) in [5.41, 5.74) is 0.463. The van der Waals surface area contributed by atoms with Crippen LogP contribution in [0.4, 0.5) is 13.2 Å². The van der Waals surface area contributed by atoms with E-state index in [-0.39, 0.29) is 5.88 Å². The second-order valence-electron chi connectivity index (χ2n) is 3.66. The van der Waals surface area contributed by atoms with E-state index in [0.29, 0.717) is 23.8 Å². The molecule has 1 unspecified atom stereocenters. The number of alkyl halides is 3. The van der Waals surface area contributed by atoms with Crippen molar-refractivity contribution in [3.8, 4) is 5.88 Å². The highest BCUT2D eigenvalue weighted by Crippen LogP contribution is 2.25. The summed E-state index contributed by atoms with van der Waals surface area (Å²) in [6.45, 7) is 3.93. The highest BCUT2D eigenvalue weighted by atomic mass is 35.5. The van der Waals surface area contributed by atoms with Gasteiger partial charge in [0.1, 0.15) is 0 Å². The molecule has 0 saturated carbocycles. The topological polar surface area (TPSA) is 34.2 Å². The first-order chi connectivity index (χ1) is 8.34. The van der Waals surface area contributed by atoms with Gasteiger partial charge in [-0.3, -0.25) is 0 Å². The molecule has 0 aliphatic heterocycles. The Morgan fingerprint density at radius 3 is 2.67 bits per heavy atom. The molecular formula is C11H14ClF3N2O. The van der Waals surface area contributed by atoms with E-state index in [9.17, 15) is 13.2 Å². The van der Waals surface area contributed by atoms with Crippen molar-refractivity contribution in [2.24, 2.45) is 0 Å². The smallest absolute Gasteiger partial charge is 0.425 e. The molecule has 0 amide bonds. The third-order valence-corrected chi connectivity index (χ3v) is 2.54. The van der Waals surface area contributed by atoms with Gasteiger partial charge in [0.25, 0.3) is 0 Å². The highest BCUT2D eigenvalue weighted by molar-refractivity contribution is 6.31. The van der Waals surface area contributed by atoms with Gasteiger partial charge in [0.15, 0.2) is 6.10 Å². The van der Waals surface area contributed by atoms with Gasteiger partial charge in [-0.2, -0.15) is 13.2 Å². The number of hydrogen-bond donors (Lipinski definition) is 1. The number of rotatable bonds is 5. The normalized spacial score (nSPS) is 13.4. The Hall–Kier alpha value is -1.01. The summed E-state index contributed by atoms with van der Waals surface area (Å²) in [7, 11) is 0. The van der Waals surface area contributed by atoms with E-state index in [1.54, 1.807) is 0 Å². The average Bonchev–Trinajstić information content (AvgIpc) is 2.28. The Morgan fingerprint density at radius 2 is 2.11 bits per heavy atom. The van der Waals surface area contributed by atoms with Gasteiger partial charge in [0.2, 0.25) is 5.88 Å². The van der Waals surface area contributed by atoms with Crippen LogP contribution in [-0.2, 0) is 6.54 Å². The van der Waals surface area contributed by atoms with Gasteiger partial charge in [-0.05, 0) is 19.5 Å². The van der Waals surface area contributed by atoms with Crippen molar-refractivity contribution in [1.29, 1.82) is 0 Å². The summed E-state index contributed by atoms with van der Waals surface area (Å²) >= 11 is 5.88. The molecule has 0 aliphatic rings. The molecule has 1 aromatic heterocycles. The Labute approximate surface area is 108 Å². The molecule has 7 heteroatoms. The lowest BCUT2D eigenvalue weighted by molar-refractivity contribution is -0.190. The largest absolute Gasteiger partial charge is 0.465 e. The van der Waals surface area contributed by atoms with Crippen molar-refractivity contribution in [1.82, 2.24) is 10.3 Å². The van der Waals surface area contributed by atoms with Gasteiger partial charge < -0.3 is 10.1 Å². The summed E-state index contributed by atoms with van der Waals surface area (Å²) in [6.07, 6.45) is -6.32. The quantitative estimate of drug-likeness (QED) is 0.901. The maximum Gasteiger partial charge on any atom is 0.425 e. The van der Waals surface area contributed by atoms with Crippen LogP contribution in [0.2, 0.25) is 5.02 Å². The van der Waals surface area contributed by atoms with Crippen LogP contribution in [0.3, 0.4) is 0 Å². The van der Waals surface area contributed by atoms with Gasteiger partial charge >= 0.3 is 6.18 Å². The van der Waals surface area contributed by atoms with Crippen LogP contribution < -0.4 is 10.1 Å². The molecule has 0 bridgehead atoms. The van der Waals surface area contributed by atoms with E-state index in [1.807, 2.05) is 6.92 Å². The molecule has 0 saturated heterocycles. The minimum absolute atomic E-state index is 0.0860.